The summed E-state index contributed by atoms with van der Waals surface area (Å²) in [5, 5.41) is 5.28. The van der Waals surface area contributed by atoms with Gasteiger partial charge in [0.2, 0.25) is 5.95 Å². The highest BCUT2D eigenvalue weighted by molar-refractivity contribution is 6.08. The standard InChI is InChI=1S/C27H23F3N8O3/c1-14-4-6-16(23(39)35-20-9-18(27(28,29)30)11-32-24(20)40)8-21(14)38-13-17-10-33-25(36-22(17)37(3)26(38)41)34-19-7-5-15(2)31-12-19/h4-12H,13H2,1-3H3,(H,32,40)(H,35,39)(H,33,34,36). The zero-order valence-electron chi connectivity index (χ0n) is 22.0. The number of aromatic amines is 1. The molecule has 0 saturated carbocycles. The Morgan fingerprint density at radius 1 is 1.05 bits per heavy atom. The quantitative estimate of drug-likeness (QED) is 0.318. The number of hydrogen-bond acceptors (Lipinski definition) is 7. The van der Waals surface area contributed by atoms with Crippen LogP contribution >= 0.6 is 0 Å². The summed E-state index contributed by atoms with van der Waals surface area (Å²) in [5.41, 5.74) is 0.701. The van der Waals surface area contributed by atoms with Gasteiger partial charge in [-0.25, -0.2) is 9.78 Å². The van der Waals surface area contributed by atoms with E-state index in [1.165, 1.54) is 21.9 Å². The molecule has 4 aromatic rings. The van der Waals surface area contributed by atoms with Crippen molar-refractivity contribution in [3.63, 3.8) is 0 Å². The van der Waals surface area contributed by atoms with Crippen molar-refractivity contribution >= 4 is 40.8 Å². The summed E-state index contributed by atoms with van der Waals surface area (Å²) in [6, 6.07) is 8.29. The molecule has 14 heteroatoms. The number of anilines is 5. The van der Waals surface area contributed by atoms with Gasteiger partial charge in [-0.3, -0.25) is 24.4 Å². The maximum Gasteiger partial charge on any atom is 0.417 e. The zero-order valence-corrected chi connectivity index (χ0v) is 22.0. The van der Waals surface area contributed by atoms with Crippen LogP contribution in [0.15, 0.2) is 59.8 Å². The van der Waals surface area contributed by atoms with Gasteiger partial charge in [0.05, 0.1) is 24.0 Å². The van der Waals surface area contributed by atoms with E-state index in [4.69, 9.17) is 0 Å². The molecule has 4 heterocycles. The largest absolute Gasteiger partial charge is 0.417 e. The number of benzene rings is 1. The number of pyridine rings is 2. The van der Waals surface area contributed by atoms with Crippen LogP contribution in [0.4, 0.5) is 46.8 Å². The first-order chi connectivity index (χ1) is 19.4. The Kier molecular flexibility index (Phi) is 6.91. The van der Waals surface area contributed by atoms with Crippen molar-refractivity contribution in [2.45, 2.75) is 26.6 Å². The van der Waals surface area contributed by atoms with Crippen LogP contribution in [0.1, 0.15) is 32.7 Å². The van der Waals surface area contributed by atoms with E-state index in [0.717, 1.165) is 5.69 Å². The molecule has 0 spiro atoms. The van der Waals surface area contributed by atoms with Gasteiger partial charge in [0.15, 0.2) is 0 Å². The van der Waals surface area contributed by atoms with Gasteiger partial charge >= 0.3 is 12.2 Å². The fourth-order valence-electron chi connectivity index (χ4n) is 4.20. The summed E-state index contributed by atoms with van der Waals surface area (Å²) in [4.78, 5) is 56.2. The Hall–Kier alpha value is -5.27. The number of nitrogens with zero attached hydrogens (tertiary/aromatic N) is 5. The molecule has 0 unspecified atom stereocenters. The first-order valence-corrected chi connectivity index (χ1v) is 12.2. The van der Waals surface area contributed by atoms with E-state index in [0.29, 0.717) is 40.6 Å². The third-order valence-electron chi connectivity index (χ3n) is 6.41. The second-order valence-corrected chi connectivity index (χ2v) is 9.37. The smallest absolute Gasteiger partial charge is 0.327 e. The Labute approximate surface area is 231 Å². The van der Waals surface area contributed by atoms with Gasteiger partial charge in [-0.1, -0.05) is 6.07 Å². The monoisotopic (exact) mass is 564 g/mol. The van der Waals surface area contributed by atoms with Crippen molar-refractivity contribution < 1.29 is 22.8 Å². The molecule has 0 radical (unpaired) electrons. The minimum atomic E-state index is -4.71. The van der Waals surface area contributed by atoms with Gasteiger partial charge in [-0.2, -0.15) is 18.2 Å². The van der Waals surface area contributed by atoms with Crippen LogP contribution in [0, 0.1) is 13.8 Å². The molecule has 210 valence electrons. The Balaban J connectivity index is 1.40. The number of carbonyl (C=O) groups is 2. The van der Waals surface area contributed by atoms with Crippen LogP contribution < -0.4 is 26.0 Å². The predicted octanol–water partition coefficient (Wildman–Crippen LogP) is 4.77. The molecular formula is C27H23F3N8O3. The Bertz CT molecular complexity index is 1720. The van der Waals surface area contributed by atoms with Crippen molar-refractivity contribution in [1.82, 2.24) is 19.9 Å². The van der Waals surface area contributed by atoms with Crippen LogP contribution in [0.5, 0.6) is 0 Å². The summed E-state index contributed by atoms with van der Waals surface area (Å²) < 4.78 is 39.2. The second kappa shape index (κ2) is 10.4. The minimum absolute atomic E-state index is 0.0335. The van der Waals surface area contributed by atoms with Gasteiger partial charge in [0.1, 0.15) is 11.5 Å². The normalized spacial score (nSPS) is 13.2. The number of alkyl halides is 3. The van der Waals surface area contributed by atoms with E-state index in [2.05, 4.69) is 25.6 Å². The van der Waals surface area contributed by atoms with E-state index in [1.807, 2.05) is 24.0 Å². The molecule has 1 aromatic carbocycles. The molecule has 3 amide bonds. The van der Waals surface area contributed by atoms with Crippen molar-refractivity contribution in [3.8, 4) is 0 Å². The molecule has 1 aliphatic rings. The number of fused-ring (bicyclic) bond motifs is 1. The first-order valence-electron chi connectivity index (χ1n) is 12.2. The summed E-state index contributed by atoms with van der Waals surface area (Å²) >= 11 is 0. The fourth-order valence-corrected chi connectivity index (χ4v) is 4.20. The Morgan fingerprint density at radius 3 is 2.54 bits per heavy atom. The average Bonchev–Trinajstić information content (AvgIpc) is 2.93. The fraction of sp³-hybridized carbons (Fsp3) is 0.185. The van der Waals surface area contributed by atoms with Gasteiger partial charge in [0, 0.05) is 41.9 Å². The van der Waals surface area contributed by atoms with Crippen LogP contribution in [-0.2, 0) is 12.7 Å². The SMILES string of the molecule is Cc1ccc(Nc2ncc3c(n2)N(C)C(=O)N(c2cc(C(=O)Nc4cc(C(F)(F)F)c[nH]c4=O)ccc2C)C3)cn1. The lowest BCUT2D eigenvalue weighted by Gasteiger charge is -2.35. The number of halogens is 3. The summed E-state index contributed by atoms with van der Waals surface area (Å²) in [6.45, 7) is 3.72. The molecule has 5 rings (SSSR count). The zero-order chi connectivity index (χ0) is 29.5. The second-order valence-electron chi connectivity index (χ2n) is 9.37. The van der Waals surface area contributed by atoms with Crippen LogP contribution in [0.3, 0.4) is 0 Å². The van der Waals surface area contributed by atoms with E-state index in [9.17, 15) is 27.6 Å². The van der Waals surface area contributed by atoms with E-state index in [-0.39, 0.29) is 18.1 Å². The van der Waals surface area contributed by atoms with Gasteiger partial charge < -0.3 is 15.6 Å². The summed E-state index contributed by atoms with van der Waals surface area (Å²) in [6.07, 6.45) is -0.950. The minimum Gasteiger partial charge on any atom is -0.327 e. The molecule has 0 aliphatic carbocycles. The van der Waals surface area contributed by atoms with Crippen molar-refractivity contribution in [3.05, 3.63) is 93.3 Å². The highest BCUT2D eigenvalue weighted by Gasteiger charge is 2.33. The molecule has 0 bridgehead atoms. The van der Waals surface area contributed by atoms with Crippen LogP contribution in [0.2, 0.25) is 0 Å². The lowest BCUT2D eigenvalue weighted by Crippen LogP contribution is -2.46. The van der Waals surface area contributed by atoms with E-state index in [1.54, 1.807) is 32.4 Å². The molecule has 11 nitrogen and oxygen atoms in total. The van der Waals surface area contributed by atoms with Crippen LogP contribution in [0.25, 0.3) is 0 Å². The third-order valence-corrected chi connectivity index (χ3v) is 6.41. The number of aromatic nitrogens is 4. The number of hydrogen-bond donors (Lipinski definition) is 3. The maximum atomic E-state index is 13.4. The molecule has 3 N–H and O–H groups in total. The molecule has 41 heavy (non-hydrogen) atoms. The lowest BCUT2D eigenvalue weighted by molar-refractivity contribution is -0.137. The molecule has 1 aliphatic heterocycles. The first kappa shape index (κ1) is 27.3. The van der Waals surface area contributed by atoms with E-state index >= 15 is 0 Å². The maximum absolute atomic E-state index is 13.4. The van der Waals surface area contributed by atoms with Gasteiger partial charge in [0.25, 0.3) is 11.5 Å². The number of amides is 3. The third kappa shape index (κ3) is 5.57. The van der Waals surface area contributed by atoms with Crippen molar-refractivity contribution in [2.24, 2.45) is 0 Å². The topological polar surface area (TPSA) is 136 Å². The molecule has 0 fully saturated rings. The number of nitrogens with one attached hydrogen (secondary N) is 3. The number of urea groups is 1. The molecule has 0 atom stereocenters. The van der Waals surface area contributed by atoms with Gasteiger partial charge in [-0.05, 0) is 49.7 Å². The van der Waals surface area contributed by atoms with Crippen molar-refractivity contribution in [2.75, 3.05) is 27.5 Å². The number of rotatable bonds is 5. The lowest BCUT2D eigenvalue weighted by atomic mass is 10.1. The number of aryl methyl sites for hydroxylation is 2. The number of carbonyl (C=O) groups excluding carboxylic acids is 2. The average molecular weight is 565 g/mol. The molecule has 3 aromatic heterocycles. The summed E-state index contributed by atoms with van der Waals surface area (Å²) in [5.74, 6) is -0.139. The van der Waals surface area contributed by atoms with Gasteiger partial charge in [-0.15, -0.1) is 0 Å². The highest BCUT2D eigenvalue weighted by atomic mass is 19.4. The van der Waals surface area contributed by atoms with Crippen molar-refractivity contribution in [1.29, 1.82) is 0 Å². The Morgan fingerprint density at radius 2 is 1.83 bits per heavy atom. The molecular weight excluding hydrogens is 541 g/mol. The summed E-state index contributed by atoms with van der Waals surface area (Å²) in [7, 11) is 1.56. The predicted molar refractivity (Wildman–Crippen MR) is 145 cm³/mol. The molecule has 0 saturated heterocycles. The van der Waals surface area contributed by atoms with E-state index < -0.39 is 34.9 Å². The van der Waals surface area contributed by atoms with Crippen LogP contribution in [-0.4, -0.2) is 38.9 Å². The number of H-pyrrole nitrogens is 1. The highest BCUT2D eigenvalue weighted by Crippen LogP contribution is 2.33.